The Labute approximate surface area is 261 Å². The molecule has 1 atom stereocenters. The van der Waals surface area contributed by atoms with Crippen LogP contribution in [0.25, 0.3) is 22.3 Å². The van der Waals surface area contributed by atoms with E-state index in [1.54, 1.807) is 19.2 Å². The van der Waals surface area contributed by atoms with Crippen LogP contribution in [0.1, 0.15) is 43.3 Å². The number of nitrogens with two attached hydrogens (primary N) is 1. The average molecular weight is 624 g/mol. The SMILES string of the molecule is COc1cccc(-c2nn(C3CCC(N4CCN(C)CC4)CC3)c3ncnc(N)c23)c1NC1COc2cc(Cl)cc(Cl)c21. The minimum Gasteiger partial charge on any atom is -0.495 e. The highest BCUT2D eigenvalue weighted by atomic mass is 35.5. The van der Waals surface area contributed by atoms with Crippen LogP contribution < -0.4 is 20.5 Å². The van der Waals surface area contributed by atoms with Gasteiger partial charge in [0.05, 0.1) is 35.3 Å². The summed E-state index contributed by atoms with van der Waals surface area (Å²) in [5.74, 6) is 1.74. The van der Waals surface area contributed by atoms with Gasteiger partial charge in [0.25, 0.3) is 0 Å². The highest BCUT2D eigenvalue weighted by Gasteiger charge is 2.33. The molecule has 2 fully saturated rings. The normalized spacial score (nSPS) is 22.8. The number of methoxy groups -OCH3 is 1. The summed E-state index contributed by atoms with van der Waals surface area (Å²) < 4.78 is 13.9. The van der Waals surface area contributed by atoms with Crippen LogP contribution in [-0.4, -0.2) is 82.5 Å². The zero-order chi connectivity index (χ0) is 29.7. The summed E-state index contributed by atoms with van der Waals surface area (Å²) in [5, 5.41) is 10.7. The summed E-state index contributed by atoms with van der Waals surface area (Å²) in [6, 6.07) is 10.1. The van der Waals surface area contributed by atoms with Gasteiger partial charge >= 0.3 is 0 Å². The molecular formula is C31H36Cl2N8O2. The summed E-state index contributed by atoms with van der Waals surface area (Å²) >= 11 is 12.9. The largest absolute Gasteiger partial charge is 0.495 e. The number of anilines is 2. The van der Waals surface area contributed by atoms with Crippen molar-refractivity contribution in [1.29, 1.82) is 0 Å². The number of para-hydroxylation sites is 1. The third-order valence-corrected chi connectivity index (χ3v) is 9.75. The monoisotopic (exact) mass is 622 g/mol. The van der Waals surface area contributed by atoms with Gasteiger partial charge < -0.3 is 25.4 Å². The minimum atomic E-state index is -0.221. The molecule has 4 heterocycles. The summed E-state index contributed by atoms with van der Waals surface area (Å²) in [4.78, 5) is 14.1. The van der Waals surface area contributed by atoms with Crippen LogP contribution in [0, 0.1) is 0 Å². The van der Waals surface area contributed by atoms with Crippen LogP contribution >= 0.6 is 23.2 Å². The van der Waals surface area contributed by atoms with Crippen molar-refractivity contribution >= 4 is 45.7 Å². The molecule has 2 aliphatic heterocycles. The second-order valence-corrected chi connectivity index (χ2v) is 12.6. The lowest BCUT2D eigenvalue weighted by molar-refractivity contribution is 0.0815. The number of fused-ring (bicyclic) bond motifs is 2. The van der Waals surface area contributed by atoms with Crippen LogP contribution in [0.15, 0.2) is 36.7 Å². The third kappa shape index (κ3) is 5.24. The maximum absolute atomic E-state index is 6.63. The number of hydrogen-bond acceptors (Lipinski definition) is 9. The Morgan fingerprint density at radius 1 is 1.02 bits per heavy atom. The number of piperazine rings is 1. The molecule has 1 unspecified atom stereocenters. The average Bonchev–Trinajstić information content (AvgIpc) is 3.60. The number of nitrogens with zero attached hydrogens (tertiary/aromatic N) is 6. The maximum atomic E-state index is 6.63. The van der Waals surface area contributed by atoms with Crippen molar-refractivity contribution in [1.82, 2.24) is 29.5 Å². The number of halogens is 2. The molecule has 12 heteroatoms. The first-order valence-corrected chi connectivity index (χ1v) is 15.6. The van der Waals surface area contributed by atoms with E-state index >= 15 is 0 Å². The van der Waals surface area contributed by atoms with Crippen molar-refractivity contribution in [3.8, 4) is 22.8 Å². The highest BCUT2D eigenvalue weighted by Crippen LogP contribution is 2.46. The molecule has 3 N–H and O–H groups in total. The number of rotatable bonds is 6. The molecule has 7 rings (SSSR count). The molecule has 0 bridgehead atoms. The van der Waals surface area contributed by atoms with Crippen LogP contribution in [0.5, 0.6) is 11.5 Å². The molecular weight excluding hydrogens is 587 g/mol. The molecule has 226 valence electrons. The van der Waals surface area contributed by atoms with Crippen molar-refractivity contribution in [2.75, 3.05) is 58.0 Å². The number of nitrogens with one attached hydrogen (secondary N) is 1. The second-order valence-electron chi connectivity index (χ2n) is 11.7. The van der Waals surface area contributed by atoms with Gasteiger partial charge in [-0.3, -0.25) is 4.90 Å². The Morgan fingerprint density at radius 3 is 2.56 bits per heavy atom. The summed E-state index contributed by atoms with van der Waals surface area (Å²) in [5.41, 5.74) is 10.5. The minimum absolute atomic E-state index is 0.221. The van der Waals surface area contributed by atoms with E-state index in [1.165, 1.54) is 6.33 Å². The first-order chi connectivity index (χ1) is 20.9. The molecule has 2 aromatic heterocycles. The predicted molar refractivity (Wildman–Crippen MR) is 170 cm³/mol. The fraction of sp³-hybridized carbons (Fsp3) is 0.452. The van der Waals surface area contributed by atoms with E-state index in [-0.39, 0.29) is 12.1 Å². The summed E-state index contributed by atoms with van der Waals surface area (Å²) in [7, 11) is 3.86. The molecule has 1 saturated heterocycles. The van der Waals surface area contributed by atoms with E-state index in [9.17, 15) is 0 Å². The first kappa shape index (κ1) is 28.5. The highest BCUT2D eigenvalue weighted by molar-refractivity contribution is 6.35. The standard InChI is InChI=1S/C31H36Cl2N8O2/c1-39-10-12-40(13-11-39)19-6-8-20(9-7-19)41-31-27(30(34)35-17-36-31)29(38-41)21-4-3-5-24(42-2)28(21)37-23-16-43-25-15-18(32)14-22(33)26(23)25/h3-5,14-15,17,19-20,23,37H,6-13,16H2,1-2H3,(H2,34,35,36). The first-order valence-electron chi connectivity index (χ1n) is 14.9. The van der Waals surface area contributed by atoms with E-state index < -0.39 is 0 Å². The van der Waals surface area contributed by atoms with E-state index in [0.717, 1.165) is 85.4 Å². The van der Waals surface area contributed by atoms with Crippen LogP contribution in [-0.2, 0) is 0 Å². The molecule has 3 aliphatic rings. The molecule has 0 amide bonds. The van der Waals surface area contributed by atoms with Crippen molar-refractivity contribution in [3.05, 3.63) is 52.3 Å². The number of aromatic nitrogens is 4. The third-order valence-electron chi connectivity index (χ3n) is 9.21. The number of nitrogen functional groups attached to an aromatic ring is 1. The Balaban J connectivity index is 1.24. The van der Waals surface area contributed by atoms with Crippen molar-refractivity contribution < 1.29 is 9.47 Å². The lowest BCUT2D eigenvalue weighted by atomic mass is 9.90. The molecule has 1 saturated carbocycles. The molecule has 10 nitrogen and oxygen atoms in total. The molecule has 4 aromatic rings. The van der Waals surface area contributed by atoms with E-state index in [4.69, 9.17) is 48.5 Å². The summed E-state index contributed by atoms with van der Waals surface area (Å²) in [6.45, 7) is 4.96. The zero-order valence-electron chi connectivity index (χ0n) is 24.4. The lowest BCUT2D eigenvalue weighted by Gasteiger charge is -2.41. The van der Waals surface area contributed by atoms with Gasteiger partial charge in [0, 0.05) is 48.4 Å². The Morgan fingerprint density at radius 2 is 1.79 bits per heavy atom. The topological polar surface area (TPSA) is 107 Å². The Kier molecular flexibility index (Phi) is 7.71. The summed E-state index contributed by atoms with van der Waals surface area (Å²) in [6.07, 6.45) is 5.89. The van der Waals surface area contributed by atoms with Crippen LogP contribution in [0.4, 0.5) is 11.5 Å². The number of likely N-dealkylation sites (N-methyl/N-ethyl adjacent to an activating group) is 1. The van der Waals surface area contributed by atoms with E-state index in [2.05, 4.69) is 31.8 Å². The smallest absolute Gasteiger partial charge is 0.164 e. The van der Waals surface area contributed by atoms with Gasteiger partial charge in [-0.25, -0.2) is 14.6 Å². The van der Waals surface area contributed by atoms with Gasteiger partial charge in [0.1, 0.15) is 35.9 Å². The molecule has 2 aromatic carbocycles. The van der Waals surface area contributed by atoms with E-state index in [0.29, 0.717) is 40.0 Å². The van der Waals surface area contributed by atoms with Crippen LogP contribution in [0.3, 0.4) is 0 Å². The second kappa shape index (κ2) is 11.6. The lowest BCUT2D eigenvalue weighted by Crippen LogP contribution is -2.49. The van der Waals surface area contributed by atoms with Crippen LogP contribution in [0.2, 0.25) is 10.0 Å². The predicted octanol–water partition coefficient (Wildman–Crippen LogP) is 5.67. The fourth-order valence-electron chi connectivity index (χ4n) is 6.90. The van der Waals surface area contributed by atoms with Gasteiger partial charge in [0.2, 0.25) is 0 Å². The number of benzene rings is 2. The zero-order valence-corrected chi connectivity index (χ0v) is 25.9. The van der Waals surface area contributed by atoms with E-state index in [1.807, 2.05) is 18.2 Å². The van der Waals surface area contributed by atoms with Gasteiger partial charge in [0.15, 0.2) is 5.65 Å². The molecule has 1 aliphatic carbocycles. The Bertz CT molecular complexity index is 1650. The van der Waals surface area contributed by atoms with Gasteiger partial charge in [-0.2, -0.15) is 5.10 Å². The quantitative estimate of drug-likeness (QED) is 0.281. The molecule has 0 spiro atoms. The van der Waals surface area contributed by atoms with Gasteiger partial charge in [-0.1, -0.05) is 35.3 Å². The van der Waals surface area contributed by atoms with Crippen molar-refractivity contribution in [3.63, 3.8) is 0 Å². The molecule has 43 heavy (non-hydrogen) atoms. The maximum Gasteiger partial charge on any atom is 0.164 e. The Hall–Kier alpha value is -3.31. The number of hydrogen-bond donors (Lipinski definition) is 2. The fourth-order valence-corrected chi connectivity index (χ4v) is 7.51. The van der Waals surface area contributed by atoms with Gasteiger partial charge in [-0.05, 0) is 50.9 Å². The number of ether oxygens (including phenoxy) is 2. The van der Waals surface area contributed by atoms with Crippen molar-refractivity contribution in [2.24, 2.45) is 0 Å². The van der Waals surface area contributed by atoms with Crippen molar-refractivity contribution in [2.45, 2.75) is 43.8 Å². The van der Waals surface area contributed by atoms with Gasteiger partial charge in [-0.15, -0.1) is 0 Å². The molecule has 0 radical (unpaired) electrons.